The molecule has 0 aliphatic rings. The first-order valence-electron chi connectivity index (χ1n) is 5.11. The van der Waals surface area contributed by atoms with Crippen LogP contribution in [0.25, 0.3) is 0 Å². The molecule has 0 bridgehead atoms. The van der Waals surface area contributed by atoms with E-state index in [0.29, 0.717) is 10.5 Å². The number of nitrogens with one attached hydrogen (secondary N) is 1. The van der Waals surface area contributed by atoms with Gasteiger partial charge >= 0.3 is 0 Å². The van der Waals surface area contributed by atoms with Crippen molar-refractivity contribution >= 4 is 31.6 Å². The van der Waals surface area contributed by atoms with Crippen LogP contribution < -0.4 is 4.72 Å². The van der Waals surface area contributed by atoms with Crippen LogP contribution in [0.5, 0.6) is 0 Å². The van der Waals surface area contributed by atoms with E-state index in [-0.39, 0.29) is 10.6 Å². The average Bonchev–Trinajstić information content (AvgIpc) is 2.26. The van der Waals surface area contributed by atoms with E-state index in [1.54, 1.807) is 12.1 Å². The summed E-state index contributed by atoms with van der Waals surface area (Å²) in [5, 5.41) is 0. The van der Waals surface area contributed by atoms with Crippen molar-refractivity contribution in [3.63, 3.8) is 0 Å². The molecule has 0 aromatic heterocycles. The van der Waals surface area contributed by atoms with Crippen molar-refractivity contribution < 1.29 is 17.2 Å². The summed E-state index contributed by atoms with van der Waals surface area (Å²) in [5.74, 6) is -1.71. The van der Waals surface area contributed by atoms with Gasteiger partial charge in [-0.25, -0.2) is 17.2 Å². The van der Waals surface area contributed by atoms with Crippen LogP contribution in [0.4, 0.5) is 14.5 Å². The number of halogens is 3. The van der Waals surface area contributed by atoms with E-state index in [4.69, 9.17) is 0 Å². The van der Waals surface area contributed by atoms with Crippen LogP contribution >= 0.6 is 15.9 Å². The maximum Gasteiger partial charge on any atom is 0.261 e. The van der Waals surface area contributed by atoms with Gasteiger partial charge in [0.15, 0.2) is 0 Å². The highest BCUT2D eigenvalue weighted by atomic mass is 79.9. The summed E-state index contributed by atoms with van der Waals surface area (Å²) in [5.41, 5.74) is -0.169. The third kappa shape index (κ3) is 3.51. The number of hydrogen-bond donors (Lipinski definition) is 1. The summed E-state index contributed by atoms with van der Waals surface area (Å²) in [7, 11) is -3.88. The van der Waals surface area contributed by atoms with Crippen molar-refractivity contribution in [2.75, 3.05) is 4.72 Å². The second-order valence-corrected chi connectivity index (χ2v) is 6.32. The maximum absolute atomic E-state index is 13.0. The molecular formula is C12H8BrF2NO2S. The molecule has 0 amide bonds. The molecule has 2 aromatic carbocycles. The summed E-state index contributed by atoms with van der Waals surface area (Å²) in [6.07, 6.45) is 0. The molecule has 7 heteroatoms. The van der Waals surface area contributed by atoms with Gasteiger partial charge in [0.2, 0.25) is 0 Å². The average molecular weight is 348 g/mol. The zero-order chi connectivity index (χ0) is 14.0. The topological polar surface area (TPSA) is 46.2 Å². The van der Waals surface area contributed by atoms with Crippen LogP contribution in [0.2, 0.25) is 0 Å². The molecule has 0 fully saturated rings. The Morgan fingerprint density at radius 2 is 1.63 bits per heavy atom. The van der Waals surface area contributed by atoms with Crippen molar-refractivity contribution in [3.05, 3.63) is 58.6 Å². The monoisotopic (exact) mass is 347 g/mol. The highest BCUT2D eigenvalue weighted by Crippen LogP contribution is 2.20. The first-order chi connectivity index (χ1) is 8.87. The highest BCUT2D eigenvalue weighted by molar-refractivity contribution is 9.10. The Kier molecular flexibility index (Phi) is 3.86. The Morgan fingerprint density at radius 3 is 2.21 bits per heavy atom. The van der Waals surface area contributed by atoms with E-state index >= 15 is 0 Å². The van der Waals surface area contributed by atoms with Gasteiger partial charge in [-0.3, -0.25) is 4.72 Å². The third-order valence-corrected chi connectivity index (χ3v) is 4.09. The van der Waals surface area contributed by atoms with Crippen molar-refractivity contribution in [2.24, 2.45) is 0 Å². The molecule has 2 aromatic rings. The van der Waals surface area contributed by atoms with E-state index in [9.17, 15) is 17.2 Å². The molecule has 0 spiro atoms. The zero-order valence-electron chi connectivity index (χ0n) is 9.40. The van der Waals surface area contributed by atoms with E-state index in [1.807, 2.05) is 0 Å². The molecule has 100 valence electrons. The number of anilines is 1. The van der Waals surface area contributed by atoms with Gasteiger partial charge < -0.3 is 0 Å². The maximum atomic E-state index is 13.0. The second-order valence-electron chi connectivity index (χ2n) is 3.72. The largest absolute Gasteiger partial charge is 0.279 e. The molecule has 0 unspecified atom stereocenters. The number of rotatable bonds is 3. The molecule has 0 saturated carbocycles. The fourth-order valence-corrected chi connectivity index (χ4v) is 3.10. The van der Waals surface area contributed by atoms with Crippen molar-refractivity contribution in [3.8, 4) is 0 Å². The quantitative estimate of drug-likeness (QED) is 0.923. The highest BCUT2D eigenvalue weighted by Gasteiger charge is 2.15. The Labute approximate surface area is 117 Å². The summed E-state index contributed by atoms with van der Waals surface area (Å²) in [6, 6.07) is 8.44. The molecular weight excluding hydrogens is 340 g/mol. The normalized spacial score (nSPS) is 11.3. The minimum Gasteiger partial charge on any atom is -0.279 e. The number of hydrogen-bond acceptors (Lipinski definition) is 2. The van der Waals surface area contributed by atoms with Gasteiger partial charge in [-0.05, 0) is 30.3 Å². The molecule has 0 radical (unpaired) electrons. The molecule has 0 heterocycles. The van der Waals surface area contributed by atoms with Crippen LogP contribution in [0.3, 0.4) is 0 Å². The van der Waals surface area contributed by atoms with Crippen molar-refractivity contribution in [1.29, 1.82) is 0 Å². The predicted octanol–water partition coefficient (Wildman–Crippen LogP) is 3.53. The van der Waals surface area contributed by atoms with Crippen molar-refractivity contribution in [2.45, 2.75) is 4.90 Å². The lowest BCUT2D eigenvalue weighted by atomic mass is 10.3. The Morgan fingerprint density at radius 1 is 1.00 bits per heavy atom. The predicted molar refractivity (Wildman–Crippen MR) is 71.3 cm³/mol. The fourth-order valence-electron chi connectivity index (χ4n) is 1.46. The fraction of sp³-hybridized carbons (Fsp3) is 0. The smallest absolute Gasteiger partial charge is 0.261 e. The van der Waals surface area contributed by atoms with Gasteiger partial charge in [0.25, 0.3) is 10.0 Å². The Balaban J connectivity index is 2.36. The number of sulfonamides is 1. The standard InChI is InChI=1S/C12H8BrF2NO2S/c13-8-2-1-3-12(4-8)19(17,18)16-11-6-9(14)5-10(15)7-11/h1-7,16H. The van der Waals surface area contributed by atoms with Gasteiger partial charge in [0.05, 0.1) is 10.6 Å². The first kappa shape index (κ1) is 14.0. The van der Waals surface area contributed by atoms with Crippen LogP contribution in [0, 0.1) is 11.6 Å². The summed E-state index contributed by atoms with van der Waals surface area (Å²) in [4.78, 5) is -0.00783. The van der Waals surface area contributed by atoms with Crippen LogP contribution in [-0.4, -0.2) is 8.42 Å². The molecule has 0 saturated heterocycles. The van der Waals surface area contributed by atoms with Gasteiger partial charge in [-0.15, -0.1) is 0 Å². The zero-order valence-corrected chi connectivity index (χ0v) is 11.8. The lowest BCUT2D eigenvalue weighted by Crippen LogP contribution is -2.13. The minimum absolute atomic E-state index is 0.00783. The molecule has 1 N–H and O–H groups in total. The third-order valence-electron chi connectivity index (χ3n) is 2.22. The second kappa shape index (κ2) is 5.26. The SMILES string of the molecule is O=S(=O)(Nc1cc(F)cc(F)c1)c1cccc(Br)c1. The molecule has 0 atom stereocenters. The first-order valence-corrected chi connectivity index (χ1v) is 7.39. The Bertz CT molecular complexity index is 699. The van der Waals surface area contributed by atoms with Crippen LogP contribution in [0.15, 0.2) is 51.8 Å². The van der Waals surface area contributed by atoms with E-state index in [2.05, 4.69) is 20.7 Å². The van der Waals surface area contributed by atoms with Gasteiger partial charge in [0.1, 0.15) is 11.6 Å². The van der Waals surface area contributed by atoms with Crippen LogP contribution in [-0.2, 0) is 10.0 Å². The molecule has 0 aliphatic carbocycles. The minimum atomic E-state index is -3.88. The molecule has 0 aliphatic heterocycles. The summed E-state index contributed by atoms with van der Waals surface area (Å²) < 4.78 is 52.7. The van der Waals surface area contributed by atoms with Crippen LogP contribution in [0.1, 0.15) is 0 Å². The lowest BCUT2D eigenvalue weighted by molar-refractivity contribution is 0.584. The molecule has 3 nitrogen and oxygen atoms in total. The molecule has 2 rings (SSSR count). The molecule has 19 heavy (non-hydrogen) atoms. The van der Waals surface area contributed by atoms with Gasteiger partial charge in [-0.1, -0.05) is 22.0 Å². The lowest BCUT2D eigenvalue weighted by Gasteiger charge is -2.08. The van der Waals surface area contributed by atoms with Crippen molar-refractivity contribution in [1.82, 2.24) is 0 Å². The summed E-state index contributed by atoms with van der Waals surface area (Å²) in [6.45, 7) is 0. The van der Waals surface area contributed by atoms with Gasteiger partial charge in [0, 0.05) is 10.5 Å². The van der Waals surface area contributed by atoms with E-state index in [0.717, 1.165) is 12.1 Å². The summed E-state index contributed by atoms with van der Waals surface area (Å²) >= 11 is 3.15. The number of benzene rings is 2. The van der Waals surface area contributed by atoms with E-state index in [1.165, 1.54) is 12.1 Å². The van der Waals surface area contributed by atoms with E-state index < -0.39 is 21.7 Å². The van der Waals surface area contributed by atoms with Gasteiger partial charge in [-0.2, -0.15) is 0 Å². The Hall–Kier alpha value is -1.47.